The number of nitrogens with one attached hydrogen (secondary N) is 4. The van der Waals surface area contributed by atoms with Gasteiger partial charge in [-0.25, -0.2) is 19.6 Å². The Labute approximate surface area is 383 Å². The van der Waals surface area contributed by atoms with Crippen molar-refractivity contribution in [3.63, 3.8) is 0 Å². The van der Waals surface area contributed by atoms with Crippen LogP contribution in [-0.2, 0) is 19.1 Å². The van der Waals surface area contributed by atoms with E-state index in [1.807, 2.05) is 76.2 Å². The maximum Gasteiger partial charge on any atom is 0.405 e. The minimum absolute atomic E-state index is 0.123. The molecule has 354 valence electrons. The highest BCUT2D eigenvalue weighted by Crippen LogP contribution is 2.40. The smallest absolute Gasteiger partial charge is 0.405 e. The summed E-state index contributed by atoms with van der Waals surface area (Å²) in [6, 6.07) is 12.1. The first-order valence-electron chi connectivity index (χ1n) is 23.2. The van der Waals surface area contributed by atoms with E-state index >= 15 is 0 Å². The van der Waals surface area contributed by atoms with E-state index in [1.54, 1.807) is 22.2 Å². The number of carboxylic acid groups (broad SMARTS) is 2. The summed E-state index contributed by atoms with van der Waals surface area (Å²) in [6.45, 7) is 7.20. The van der Waals surface area contributed by atoms with Crippen molar-refractivity contribution in [2.45, 2.75) is 140 Å². The largest absolute Gasteiger partial charge is 0.465 e. The number of nitrogens with zero attached hydrogens (tertiary/aromatic N) is 4. The third kappa shape index (κ3) is 9.96. The Morgan fingerprint density at radius 3 is 1.24 bits per heavy atom. The standard InChI is InChI=1S/C48H62N8O10/c1-25-17-33(18-26(2)65-25)41(53-47(61)62)45(59)55-35(23-57)13-15-39(55)43-49-21-37(51-43)31-9-5-29(6-10-31)30-7-11-32(12-8-30)38-22-50-44(52-38)40-16-14-36(24-58)56(40)46(60)42(54-48(63)64)34-19-27(3)66-28(4)20-34/h5-12,21-22,25-28,33-36,39-42,53-54,57-58H,13-20,23-24H2,1-4H3,(H,49,51)(H,50,52)(H,61,62)(H,63,64)/t25-,26-,27-,28-,35-,36-,39+,40+,41+,42+/m1/s1. The highest BCUT2D eigenvalue weighted by molar-refractivity contribution is 5.87. The molecule has 8 N–H and O–H groups in total. The number of aliphatic hydroxyl groups is 2. The molecule has 8 rings (SSSR count). The van der Waals surface area contributed by atoms with Gasteiger partial charge in [-0.05, 0) is 102 Å². The number of hydrogen-bond donors (Lipinski definition) is 8. The Morgan fingerprint density at radius 2 is 0.924 bits per heavy atom. The summed E-state index contributed by atoms with van der Waals surface area (Å²) in [5.74, 6) is -0.128. The lowest BCUT2D eigenvalue weighted by atomic mass is 9.85. The first-order chi connectivity index (χ1) is 31.7. The van der Waals surface area contributed by atoms with Crippen LogP contribution in [0.5, 0.6) is 0 Å². The van der Waals surface area contributed by atoms with Gasteiger partial charge in [-0.1, -0.05) is 48.5 Å². The lowest BCUT2D eigenvalue weighted by Crippen LogP contribution is -2.56. The highest BCUT2D eigenvalue weighted by atomic mass is 16.5. The zero-order valence-corrected chi connectivity index (χ0v) is 37.8. The quantitative estimate of drug-likeness (QED) is 0.0785. The fourth-order valence-corrected chi connectivity index (χ4v) is 11.1. The van der Waals surface area contributed by atoms with Crippen molar-refractivity contribution in [1.29, 1.82) is 0 Å². The number of amides is 4. The highest BCUT2D eigenvalue weighted by Gasteiger charge is 2.47. The van der Waals surface area contributed by atoms with Crippen LogP contribution in [0, 0.1) is 11.8 Å². The topological polar surface area (TPSA) is 256 Å². The molecule has 18 heteroatoms. The van der Waals surface area contributed by atoms with E-state index in [2.05, 4.69) is 20.6 Å². The van der Waals surface area contributed by atoms with Crippen molar-refractivity contribution in [3.8, 4) is 33.6 Å². The van der Waals surface area contributed by atoms with Crippen molar-refractivity contribution in [2.75, 3.05) is 13.2 Å². The Hall–Kier alpha value is -5.82. The maximum absolute atomic E-state index is 14.3. The number of likely N-dealkylation sites (tertiary alicyclic amines) is 2. The van der Waals surface area contributed by atoms with Gasteiger partial charge in [-0.3, -0.25) is 9.59 Å². The van der Waals surface area contributed by atoms with Crippen LogP contribution in [0.4, 0.5) is 9.59 Å². The zero-order valence-electron chi connectivity index (χ0n) is 37.8. The number of benzene rings is 2. The molecule has 0 bridgehead atoms. The van der Waals surface area contributed by atoms with Gasteiger partial charge in [-0.2, -0.15) is 0 Å². The van der Waals surface area contributed by atoms with Gasteiger partial charge in [0.1, 0.15) is 23.7 Å². The average molecular weight is 911 g/mol. The number of rotatable bonds is 13. The molecule has 2 aromatic heterocycles. The van der Waals surface area contributed by atoms with Crippen molar-refractivity contribution in [1.82, 2.24) is 40.4 Å². The SMILES string of the molecule is C[C@@H]1CC([C@H](NC(=O)O)C(=O)N2[C@@H](CO)CC[C@H]2c2nc(-c3ccc(-c4ccc(-c5c[nH]c([C@@H]6CC[C@H](CO)N6C(=O)[C@@H](NC(=O)O)C6C[C@@H](C)O[C@H](C)C6)n5)cc4)cc3)c[nH]2)C[C@@H](C)O1. The molecular formula is C48H62N8O10. The van der Waals surface area contributed by atoms with E-state index in [0.29, 0.717) is 74.4 Å². The Kier molecular flexibility index (Phi) is 14.1. The Bertz CT molecular complexity index is 2150. The number of aromatic amines is 2. The van der Waals surface area contributed by atoms with Gasteiger partial charge in [0.05, 0.1) is 73.2 Å². The van der Waals surface area contributed by atoms with E-state index in [1.165, 1.54) is 0 Å². The second-order valence-corrected chi connectivity index (χ2v) is 18.7. The van der Waals surface area contributed by atoms with Crippen molar-refractivity contribution >= 4 is 24.0 Å². The molecule has 0 radical (unpaired) electrons. The minimum atomic E-state index is -1.28. The third-order valence-corrected chi connectivity index (χ3v) is 14.0. The van der Waals surface area contributed by atoms with Gasteiger partial charge >= 0.3 is 12.2 Å². The lowest BCUT2D eigenvalue weighted by Gasteiger charge is -2.39. The molecule has 66 heavy (non-hydrogen) atoms. The van der Waals surface area contributed by atoms with Crippen LogP contribution in [0.3, 0.4) is 0 Å². The predicted octanol–water partition coefficient (Wildman–Crippen LogP) is 5.86. The molecule has 0 unspecified atom stereocenters. The monoisotopic (exact) mass is 910 g/mol. The number of H-pyrrole nitrogens is 2. The summed E-state index contributed by atoms with van der Waals surface area (Å²) in [6.07, 6.45) is 4.90. The van der Waals surface area contributed by atoms with Crippen molar-refractivity contribution < 1.29 is 49.1 Å². The Morgan fingerprint density at radius 1 is 0.591 bits per heavy atom. The van der Waals surface area contributed by atoms with E-state index < -0.39 is 48.4 Å². The van der Waals surface area contributed by atoms with Crippen molar-refractivity contribution in [3.05, 3.63) is 72.6 Å². The van der Waals surface area contributed by atoms with Gasteiger partial charge in [-0.15, -0.1) is 0 Å². The molecule has 4 aromatic rings. The summed E-state index contributed by atoms with van der Waals surface area (Å²) in [7, 11) is 0. The predicted molar refractivity (Wildman–Crippen MR) is 242 cm³/mol. The number of aliphatic hydroxyl groups excluding tert-OH is 2. The van der Waals surface area contributed by atoms with Crippen LogP contribution in [0.15, 0.2) is 60.9 Å². The molecule has 4 saturated heterocycles. The van der Waals surface area contributed by atoms with Crippen LogP contribution in [-0.4, -0.2) is 136 Å². The summed E-state index contributed by atoms with van der Waals surface area (Å²) in [4.78, 5) is 72.0. The summed E-state index contributed by atoms with van der Waals surface area (Å²) in [5, 5.41) is 45.1. The third-order valence-electron chi connectivity index (χ3n) is 14.0. The van der Waals surface area contributed by atoms with Gasteiger partial charge in [0.15, 0.2) is 0 Å². The number of carbonyl (C=O) groups is 4. The average Bonchev–Trinajstić information content (AvgIpc) is 4.12. The fraction of sp³-hybridized carbons (Fsp3) is 0.542. The molecule has 0 saturated carbocycles. The number of imidazole rings is 2. The molecule has 2 aromatic carbocycles. The summed E-state index contributed by atoms with van der Waals surface area (Å²) < 4.78 is 11.8. The maximum atomic E-state index is 14.3. The van der Waals surface area contributed by atoms with Crippen LogP contribution < -0.4 is 10.6 Å². The van der Waals surface area contributed by atoms with Gasteiger partial charge < -0.3 is 60.3 Å². The van der Waals surface area contributed by atoms with Crippen LogP contribution in [0.25, 0.3) is 33.6 Å². The lowest BCUT2D eigenvalue weighted by molar-refractivity contribution is -0.142. The summed E-state index contributed by atoms with van der Waals surface area (Å²) >= 11 is 0. The normalized spacial score (nSPS) is 28.8. The number of aromatic nitrogens is 4. The van der Waals surface area contributed by atoms with E-state index in [9.17, 15) is 39.6 Å². The van der Waals surface area contributed by atoms with Crippen molar-refractivity contribution in [2.24, 2.45) is 11.8 Å². The Balaban J connectivity index is 0.947. The van der Waals surface area contributed by atoms with E-state index in [4.69, 9.17) is 19.4 Å². The van der Waals surface area contributed by atoms with Crippen LogP contribution in [0.2, 0.25) is 0 Å². The summed E-state index contributed by atoms with van der Waals surface area (Å²) in [5.41, 5.74) is 5.03. The van der Waals surface area contributed by atoms with E-state index in [0.717, 1.165) is 22.3 Å². The molecule has 4 aliphatic heterocycles. The molecular weight excluding hydrogens is 849 g/mol. The van der Waals surface area contributed by atoms with E-state index in [-0.39, 0.29) is 61.3 Å². The molecule has 10 atom stereocenters. The van der Waals surface area contributed by atoms with Crippen LogP contribution >= 0.6 is 0 Å². The second kappa shape index (κ2) is 20.0. The number of hydrogen-bond acceptors (Lipinski definition) is 10. The molecule has 18 nitrogen and oxygen atoms in total. The first-order valence-corrected chi connectivity index (χ1v) is 23.2. The molecule has 0 spiro atoms. The minimum Gasteiger partial charge on any atom is -0.465 e. The molecule has 4 amide bonds. The van der Waals surface area contributed by atoms with Gasteiger partial charge in [0.2, 0.25) is 11.8 Å². The zero-order chi connectivity index (χ0) is 46.8. The number of carbonyl (C=O) groups excluding carboxylic acids is 2. The number of ether oxygens (including phenoxy) is 2. The van der Waals surface area contributed by atoms with Crippen LogP contribution in [0.1, 0.15) is 103 Å². The fourth-order valence-electron chi connectivity index (χ4n) is 11.1. The molecule has 0 aliphatic carbocycles. The molecule has 4 aliphatic rings. The van der Waals surface area contributed by atoms with Gasteiger partial charge in [0, 0.05) is 23.5 Å². The van der Waals surface area contributed by atoms with Gasteiger partial charge in [0.25, 0.3) is 0 Å². The molecule has 6 heterocycles. The second-order valence-electron chi connectivity index (χ2n) is 18.7. The first kappa shape index (κ1) is 46.7. The molecule has 4 fully saturated rings.